The van der Waals surface area contributed by atoms with Crippen LogP contribution in [0.4, 0.5) is 11.4 Å². The fourth-order valence-corrected chi connectivity index (χ4v) is 2.68. The molecule has 0 unspecified atom stereocenters. The third-order valence-corrected chi connectivity index (χ3v) is 4.97. The van der Waals surface area contributed by atoms with Crippen LogP contribution in [-0.2, 0) is 19.6 Å². The van der Waals surface area contributed by atoms with Gasteiger partial charge in [-0.15, -0.1) is 0 Å². The van der Waals surface area contributed by atoms with E-state index in [0.29, 0.717) is 30.1 Å². The standard InChI is InChI=1S/C18H29N3O5S/c1-6-27(24,25)21-14-10-9-13(12-15(14)26-5)20-16(22)8-7-11-19-17(23)18(2,3)4/h9-10,12,21H,6-8,11H2,1-5H3,(H,19,23)(H,20,22). The Bertz CT molecular complexity index is 770. The maximum atomic E-state index is 12.0. The van der Waals surface area contributed by atoms with Gasteiger partial charge < -0.3 is 15.4 Å². The summed E-state index contributed by atoms with van der Waals surface area (Å²) in [6.07, 6.45) is 0.760. The molecule has 0 atom stereocenters. The van der Waals surface area contributed by atoms with Gasteiger partial charge in [-0.05, 0) is 25.5 Å². The molecule has 0 aliphatic carbocycles. The lowest BCUT2D eigenvalue weighted by atomic mass is 9.96. The summed E-state index contributed by atoms with van der Waals surface area (Å²) in [5.41, 5.74) is 0.345. The van der Waals surface area contributed by atoms with Crippen molar-refractivity contribution in [2.45, 2.75) is 40.5 Å². The fraction of sp³-hybridized carbons (Fsp3) is 0.556. The number of amides is 2. The van der Waals surface area contributed by atoms with Crippen LogP contribution in [0.1, 0.15) is 40.5 Å². The van der Waals surface area contributed by atoms with Crippen molar-refractivity contribution in [3.05, 3.63) is 18.2 Å². The van der Waals surface area contributed by atoms with Crippen LogP contribution in [0.2, 0.25) is 0 Å². The number of benzene rings is 1. The van der Waals surface area contributed by atoms with Crippen molar-refractivity contribution >= 4 is 33.2 Å². The zero-order chi connectivity index (χ0) is 20.7. The zero-order valence-electron chi connectivity index (χ0n) is 16.5. The van der Waals surface area contributed by atoms with Crippen LogP contribution in [0.25, 0.3) is 0 Å². The molecule has 0 fully saturated rings. The third kappa shape index (κ3) is 7.86. The van der Waals surface area contributed by atoms with E-state index in [-0.39, 0.29) is 24.0 Å². The van der Waals surface area contributed by atoms with E-state index in [1.165, 1.54) is 20.1 Å². The topological polar surface area (TPSA) is 114 Å². The lowest BCUT2D eigenvalue weighted by Crippen LogP contribution is -2.35. The molecule has 1 rings (SSSR count). The molecule has 8 nitrogen and oxygen atoms in total. The molecule has 0 aliphatic rings. The first-order chi connectivity index (χ1) is 12.5. The Labute approximate surface area is 161 Å². The summed E-state index contributed by atoms with van der Waals surface area (Å²) in [6, 6.07) is 4.67. The van der Waals surface area contributed by atoms with Gasteiger partial charge in [0.15, 0.2) is 0 Å². The third-order valence-electron chi connectivity index (χ3n) is 3.68. The predicted molar refractivity (Wildman–Crippen MR) is 106 cm³/mol. The SMILES string of the molecule is CCS(=O)(=O)Nc1ccc(NC(=O)CCCNC(=O)C(C)(C)C)cc1OC. The Morgan fingerprint density at radius 1 is 1.19 bits per heavy atom. The monoisotopic (exact) mass is 399 g/mol. The first-order valence-corrected chi connectivity index (χ1v) is 10.4. The normalized spacial score (nSPS) is 11.6. The van der Waals surface area contributed by atoms with Gasteiger partial charge in [-0.1, -0.05) is 20.8 Å². The number of nitrogens with one attached hydrogen (secondary N) is 3. The second kappa shape index (κ2) is 9.59. The Morgan fingerprint density at radius 3 is 2.41 bits per heavy atom. The van der Waals surface area contributed by atoms with Crippen molar-refractivity contribution in [2.75, 3.05) is 29.4 Å². The van der Waals surface area contributed by atoms with Crippen molar-refractivity contribution in [1.29, 1.82) is 0 Å². The average molecular weight is 400 g/mol. The number of methoxy groups -OCH3 is 1. The maximum absolute atomic E-state index is 12.0. The van der Waals surface area contributed by atoms with E-state index in [1.54, 1.807) is 12.1 Å². The first-order valence-electron chi connectivity index (χ1n) is 8.75. The molecule has 0 spiro atoms. The minimum Gasteiger partial charge on any atom is -0.494 e. The molecule has 152 valence electrons. The molecule has 0 saturated heterocycles. The maximum Gasteiger partial charge on any atom is 0.232 e. The lowest BCUT2D eigenvalue weighted by molar-refractivity contribution is -0.128. The van der Waals surface area contributed by atoms with Crippen molar-refractivity contribution < 1.29 is 22.7 Å². The molecule has 0 heterocycles. The van der Waals surface area contributed by atoms with Gasteiger partial charge in [0.05, 0.1) is 18.6 Å². The second-order valence-electron chi connectivity index (χ2n) is 7.08. The highest BCUT2D eigenvalue weighted by molar-refractivity contribution is 7.92. The van der Waals surface area contributed by atoms with Crippen molar-refractivity contribution in [3.63, 3.8) is 0 Å². The quantitative estimate of drug-likeness (QED) is 0.552. The number of anilines is 2. The minimum absolute atomic E-state index is 0.0552. The fourth-order valence-electron chi connectivity index (χ4n) is 2.03. The van der Waals surface area contributed by atoms with E-state index in [9.17, 15) is 18.0 Å². The summed E-state index contributed by atoms with van der Waals surface area (Å²) in [5.74, 6) is -0.00981. The summed E-state index contributed by atoms with van der Waals surface area (Å²) in [4.78, 5) is 23.8. The molecule has 0 radical (unpaired) electrons. The number of hydrogen-bond donors (Lipinski definition) is 3. The summed E-state index contributed by atoms with van der Waals surface area (Å²) >= 11 is 0. The van der Waals surface area contributed by atoms with Gasteiger partial charge in [0.1, 0.15) is 5.75 Å². The molecule has 3 N–H and O–H groups in total. The molecular weight excluding hydrogens is 370 g/mol. The minimum atomic E-state index is -3.43. The summed E-state index contributed by atoms with van der Waals surface area (Å²) in [5, 5.41) is 5.52. The Hall–Kier alpha value is -2.29. The predicted octanol–water partition coefficient (Wildman–Crippen LogP) is 2.34. The van der Waals surface area contributed by atoms with Crippen molar-refractivity contribution in [1.82, 2.24) is 5.32 Å². The van der Waals surface area contributed by atoms with Crippen LogP contribution < -0.4 is 20.1 Å². The van der Waals surface area contributed by atoms with Gasteiger partial charge in [0, 0.05) is 30.1 Å². The number of ether oxygens (including phenoxy) is 1. The molecular formula is C18H29N3O5S. The van der Waals surface area contributed by atoms with E-state index in [2.05, 4.69) is 15.4 Å². The molecule has 1 aromatic rings. The molecule has 2 amide bonds. The second-order valence-corrected chi connectivity index (χ2v) is 9.09. The Kier molecular flexibility index (Phi) is 8.08. The van der Waals surface area contributed by atoms with Crippen LogP contribution in [0.3, 0.4) is 0 Å². The smallest absolute Gasteiger partial charge is 0.232 e. The van der Waals surface area contributed by atoms with E-state index in [0.717, 1.165) is 0 Å². The average Bonchev–Trinajstić information content (AvgIpc) is 2.58. The summed E-state index contributed by atoms with van der Waals surface area (Å²) in [6.45, 7) is 7.43. The van der Waals surface area contributed by atoms with Gasteiger partial charge >= 0.3 is 0 Å². The van der Waals surface area contributed by atoms with Crippen molar-refractivity contribution in [2.24, 2.45) is 5.41 Å². The highest BCUT2D eigenvalue weighted by atomic mass is 32.2. The van der Waals surface area contributed by atoms with Crippen LogP contribution in [0.5, 0.6) is 5.75 Å². The van der Waals surface area contributed by atoms with E-state index < -0.39 is 15.4 Å². The van der Waals surface area contributed by atoms with Crippen molar-refractivity contribution in [3.8, 4) is 5.75 Å². The molecule has 27 heavy (non-hydrogen) atoms. The van der Waals surface area contributed by atoms with Crippen LogP contribution in [0.15, 0.2) is 18.2 Å². The molecule has 0 bridgehead atoms. The summed E-state index contributed by atoms with van der Waals surface area (Å²) < 4.78 is 31.0. The molecule has 0 aromatic heterocycles. The van der Waals surface area contributed by atoms with Gasteiger partial charge in [-0.3, -0.25) is 14.3 Å². The number of rotatable bonds is 9. The lowest BCUT2D eigenvalue weighted by Gasteiger charge is -2.17. The van der Waals surface area contributed by atoms with Gasteiger partial charge in [0.25, 0.3) is 0 Å². The van der Waals surface area contributed by atoms with Crippen LogP contribution in [0, 0.1) is 5.41 Å². The van der Waals surface area contributed by atoms with E-state index >= 15 is 0 Å². The van der Waals surface area contributed by atoms with E-state index in [4.69, 9.17) is 4.74 Å². The first kappa shape index (κ1) is 22.8. The number of carbonyl (C=O) groups excluding carboxylic acids is 2. The molecule has 0 aliphatic heterocycles. The van der Waals surface area contributed by atoms with Crippen LogP contribution >= 0.6 is 0 Å². The molecule has 9 heteroatoms. The zero-order valence-corrected chi connectivity index (χ0v) is 17.3. The Balaban J connectivity index is 2.58. The Morgan fingerprint density at radius 2 is 1.85 bits per heavy atom. The number of hydrogen-bond acceptors (Lipinski definition) is 5. The van der Waals surface area contributed by atoms with E-state index in [1.807, 2.05) is 20.8 Å². The van der Waals surface area contributed by atoms with Crippen LogP contribution in [-0.4, -0.2) is 39.6 Å². The highest BCUT2D eigenvalue weighted by Crippen LogP contribution is 2.29. The number of sulfonamides is 1. The molecule has 1 aromatic carbocycles. The van der Waals surface area contributed by atoms with Gasteiger partial charge in [0.2, 0.25) is 21.8 Å². The highest BCUT2D eigenvalue weighted by Gasteiger charge is 2.20. The largest absolute Gasteiger partial charge is 0.494 e. The van der Waals surface area contributed by atoms with Gasteiger partial charge in [-0.25, -0.2) is 8.42 Å². The molecule has 0 saturated carbocycles. The summed E-state index contributed by atoms with van der Waals surface area (Å²) in [7, 11) is -2.01. The van der Waals surface area contributed by atoms with Gasteiger partial charge in [-0.2, -0.15) is 0 Å². The number of carbonyl (C=O) groups is 2.